The van der Waals surface area contributed by atoms with E-state index in [1.807, 2.05) is 0 Å². The fourth-order valence-electron chi connectivity index (χ4n) is 3.00. The fourth-order valence-corrected chi connectivity index (χ4v) is 3.00. The van der Waals surface area contributed by atoms with E-state index in [0.29, 0.717) is 33.4 Å². The van der Waals surface area contributed by atoms with E-state index in [0.717, 1.165) is 0 Å². The van der Waals surface area contributed by atoms with Gasteiger partial charge in [-0.25, -0.2) is 4.79 Å². The molecule has 0 aliphatic carbocycles. The Morgan fingerprint density at radius 2 is 1.96 bits per heavy atom. The van der Waals surface area contributed by atoms with Crippen molar-refractivity contribution in [3.8, 4) is 5.75 Å². The summed E-state index contributed by atoms with van der Waals surface area (Å²) in [6.45, 7) is 3.51. The molecule has 8 heteroatoms. The van der Waals surface area contributed by atoms with Gasteiger partial charge in [0.1, 0.15) is 17.9 Å². The van der Waals surface area contributed by atoms with Gasteiger partial charge in [0.25, 0.3) is 5.69 Å². The zero-order chi connectivity index (χ0) is 20.4. The molecule has 144 valence electrons. The van der Waals surface area contributed by atoms with Crippen LogP contribution in [0.5, 0.6) is 5.75 Å². The average molecular weight is 383 g/mol. The summed E-state index contributed by atoms with van der Waals surface area (Å²) in [6, 6.07) is 9.53. The number of fused-ring (bicyclic) bond motifs is 1. The predicted molar refractivity (Wildman–Crippen MR) is 101 cm³/mol. The third kappa shape index (κ3) is 3.71. The van der Waals surface area contributed by atoms with E-state index in [1.54, 1.807) is 38.1 Å². The average Bonchev–Trinajstić information content (AvgIpc) is 2.65. The molecule has 0 atom stereocenters. The topological polar surface area (TPSA) is 120 Å². The highest BCUT2D eigenvalue weighted by Gasteiger charge is 2.17. The highest BCUT2D eigenvalue weighted by atomic mass is 16.6. The highest BCUT2D eigenvalue weighted by Crippen LogP contribution is 2.30. The number of carboxylic acids is 1. The molecule has 3 rings (SSSR count). The maximum absolute atomic E-state index is 12.2. The van der Waals surface area contributed by atoms with Crippen LogP contribution in [0.2, 0.25) is 0 Å². The van der Waals surface area contributed by atoms with Gasteiger partial charge in [-0.15, -0.1) is 0 Å². The Morgan fingerprint density at radius 3 is 2.64 bits per heavy atom. The van der Waals surface area contributed by atoms with Crippen LogP contribution in [0, 0.1) is 24.0 Å². The number of hydrogen-bond acceptors (Lipinski definition) is 6. The van der Waals surface area contributed by atoms with Gasteiger partial charge in [-0.05, 0) is 37.1 Å². The van der Waals surface area contributed by atoms with Crippen molar-refractivity contribution in [1.29, 1.82) is 0 Å². The van der Waals surface area contributed by atoms with Crippen molar-refractivity contribution in [2.45, 2.75) is 26.9 Å². The normalized spacial score (nSPS) is 10.8. The minimum Gasteiger partial charge on any atom is -0.488 e. The number of benzene rings is 2. The third-order valence-corrected chi connectivity index (χ3v) is 4.50. The van der Waals surface area contributed by atoms with Gasteiger partial charge in [-0.2, -0.15) is 0 Å². The molecule has 0 saturated heterocycles. The van der Waals surface area contributed by atoms with Crippen LogP contribution in [-0.4, -0.2) is 16.0 Å². The van der Waals surface area contributed by atoms with E-state index in [2.05, 4.69) is 0 Å². The van der Waals surface area contributed by atoms with Crippen LogP contribution in [0.1, 0.15) is 22.3 Å². The van der Waals surface area contributed by atoms with Crippen LogP contribution < -0.4 is 10.4 Å². The number of carbonyl (C=O) groups is 1. The zero-order valence-electron chi connectivity index (χ0n) is 15.2. The molecule has 1 N–H and O–H groups in total. The predicted octanol–water partition coefficient (Wildman–Crippen LogP) is 3.52. The molecular weight excluding hydrogens is 366 g/mol. The number of rotatable bonds is 6. The Bertz CT molecular complexity index is 1150. The van der Waals surface area contributed by atoms with E-state index >= 15 is 0 Å². The summed E-state index contributed by atoms with van der Waals surface area (Å²) >= 11 is 0. The van der Waals surface area contributed by atoms with Crippen LogP contribution >= 0.6 is 0 Å². The Balaban J connectivity index is 1.94. The van der Waals surface area contributed by atoms with Crippen molar-refractivity contribution in [3.63, 3.8) is 0 Å². The Hall–Kier alpha value is -3.68. The number of aryl methyl sites for hydroxylation is 2. The number of hydrogen-bond donors (Lipinski definition) is 1. The molecule has 0 radical (unpaired) electrons. The molecule has 0 aliphatic rings. The summed E-state index contributed by atoms with van der Waals surface area (Å²) in [5.41, 5.74) is 1.50. The van der Waals surface area contributed by atoms with E-state index in [9.17, 15) is 19.7 Å². The molecule has 0 bridgehead atoms. The van der Waals surface area contributed by atoms with Crippen LogP contribution in [0.4, 0.5) is 5.69 Å². The number of nitro groups is 1. The second kappa shape index (κ2) is 7.51. The molecule has 0 fully saturated rings. The molecule has 1 heterocycles. The number of aliphatic carboxylic acids is 1. The smallest absolute Gasteiger partial charge is 0.340 e. The first-order chi connectivity index (χ1) is 13.3. The van der Waals surface area contributed by atoms with Crippen LogP contribution in [0.15, 0.2) is 45.6 Å². The molecule has 8 nitrogen and oxygen atoms in total. The Kier molecular flexibility index (Phi) is 5.12. The van der Waals surface area contributed by atoms with Crippen LogP contribution in [-0.2, 0) is 17.8 Å². The van der Waals surface area contributed by atoms with Gasteiger partial charge in [0.15, 0.2) is 0 Å². The second-order valence-corrected chi connectivity index (χ2v) is 6.34. The summed E-state index contributed by atoms with van der Waals surface area (Å²) in [5.74, 6) is -0.643. The fraction of sp³-hybridized carbons (Fsp3) is 0.200. The molecule has 0 unspecified atom stereocenters. The van der Waals surface area contributed by atoms with Crippen LogP contribution in [0.3, 0.4) is 0 Å². The molecule has 0 amide bonds. The number of carboxylic acid groups (broad SMARTS) is 1. The number of non-ortho nitro benzene ring substituents is 1. The lowest BCUT2D eigenvalue weighted by Gasteiger charge is -2.13. The van der Waals surface area contributed by atoms with Crippen LogP contribution in [0.25, 0.3) is 11.0 Å². The third-order valence-electron chi connectivity index (χ3n) is 4.50. The summed E-state index contributed by atoms with van der Waals surface area (Å²) in [6.07, 6.45) is -0.409. The minimum atomic E-state index is -1.11. The lowest BCUT2D eigenvalue weighted by molar-refractivity contribution is -0.384. The number of ether oxygens (including phenoxy) is 1. The molecule has 0 spiro atoms. The first kappa shape index (κ1) is 19.1. The molecular formula is C20H17NO7. The van der Waals surface area contributed by atoms with Crippen molar-refractivity contribution < 1.29 is 24.0 Å². The lowest BCUT2D eigenvalue weighted by Crippen LogP contribution is -2.15. The van der Waals surface area contributed by atoms with Gasteiger partial charge in [0.2, 0.25) is 0 Å². The first-order valence-electron chi connectivity index (χ1n) is 8.41. The monoisotopic (exact) mass is 383 g/mol. The zero-order valence-corrected chi connectivity index (χ0v) is 15.2. The van der Waals surface area contributed by atoms with E-state index in [-0.39, 0.29) is 17.9 Å². The van der Waals surface area contributed by atoms with Crippen molar-refractivity contribution in [2.24, 2.45) is 0 Å². The van der Waals surface area contributed by atoms with E-state index < -0.39 is 22.9 Å². The molecule has 0 aliphatic heterocycles. The van der Waals surface area contributed by atoms with Gasteiger partial charge in [-0.3, -0.25) is 14.9 Å². The maximum Gasteiger partial charge on any atom is 0.340 e. The first-order valence-corrected chi connectivity index (χ1v) is 8.41. The summed E-state index contributed by atoms with van der Waals surface area (Å²) in [4.78, 5) is 33.6. The van der Waals surface area contributed by atoms with Gasteiger partial charge in [0, 0.05) is 23.1 Å². The van der Waals surface area contributed by atoms with Gasteiger partial charge in [0.05, 0.1) is 16.9 Å². The lowest BCUT2D eigenvalue weighted by atomic mass is 10.0. The van der Waals surface area contributed by atoms with E-state index in [4.69, 9.17) is 14.3 Å². The molecule has 2 aromatic carbocycles. The highest BCUT2D eigenvalue weighted by molar-refractivity contribution is 5.86. The van der Waals surface area contributed by atoms with Crippen molar-refractivity contribution >= 4 is 22.6 Å². The summed E-state index contributed by atoms with van der Waals surface area (Å²) in [7, 11) is 0. The van der Waals surface area contributed by atoms with Crippen molar-refractivity contribution in [1.82, 2.24) is 0 Å². The van der Waals surface area contributed by atoms with Gasteiger partial charge in [-0.1, -0.05) is 12.1 Å². The Morgan fingerprint density at radius 1 is 1.21 bits per heavy atom. The maximum atomic E-state index is 12.2. The molecule has 28 heavy (non-hydrogen) atoms. The quantitative estimate of drug-likeness (QED) is 0.393. The largest absolute Gasteiger partial charge is 0.488 e. The standard InChI is InChI=1S/C20H17NO7/c1-11-15-6-7-17(27-10-13-4-3-5-14(8-13)21(25)26)12(2)19(15)28-20(24)16(11)9-18(22)23/h3-8H,9-10H2,1-2H3,(H,22,23). The number of nitrogens with zero attached hydrogens (tertiary/aromatic N) is 1. The summed E-state index contributed by atoms with van der Waals surface area (Å²) in [5, 5.41) is 20.5. The SMILES string of the molecule is Cc1c(CC(=O)O)c(=O)oc2c(C)c(OCc3cccc([N+](=O)[O-])c3)ccc12. The number of nitro benzene ring substituents is 1. The van der Waals surface area contributed by atoms with Gasteiger partial charge >= 0.3 is 11.6 Å². The second-order valence-electron chi connectivity index (χ2n) is 6.34. The van der Waals surface area contributed by atoms with Crippen molar-refractivity contribution in [3.05, 3.63) is 79.2 Å². The molecule has 3 aromatic rings. The molecule has 0 saturated carbocycles. The molecule has 1 aromatic heterocycles. The minimum absolute atomic E-state index is 0.0242. The van der Waals surface area contributed by atoms with E-state index in [1.165, 1.54) is 12.1 Å². The Labute approximate surface area is 159 Å². The van der Waals surface area contributed by atoms with Gasteiger partial charge < -0.3 is 14.3 Å². The van der Waals surface area contributed by atoms with Crippen molar-refractivity contribution in [2.75, 3.05) is 0 Å². The summed E-state index contributed by atoms with van der Waals surface area (Å²) < 4.78 is 11.1.